The predicted octanol–water partition coefficient (Wildman–Crippen LogP) is -4.59. The van der Waals surface area contributed by atoms with Crippen LogP contribution in [-0.2, 0) is 23.5 Å². The Morgan fingerprint density at radius 2 is 1.20 bits per heavy atom. The first-order valence-electron chi connectivity index (χ1n) is 1.25. The number of nitrogens with zero attached hydrogens (tertiary/aromatic N) is 1. The molecule has 0 spiro atoms. The van der Waals surface area contributed by atoms with Crippen LogP contribution in [-0.4, -0.2) is 12.6 Å². The third-order valence-corrected chi connectivity index (χ3v) is 0. The number of rotatable bonds is 0. The van der Waals surface area contributed by atoms with Gasteiger partial charge < -0.3 is 15.3 Å². The van der Waals surface area contributed by atoms with Gasteiger partial charge in [-0.25, -0.2) is 0 Å². The fourth-order valence-electron chi connectivity index (χ4n) is 0. The van der Waals surface area contributed by atoms with Gasteiger partial charge in [-0.2, -0.15) is 0 Å². The molecule has 8 nitrogen and oxygen atoms in total. The Labute approximate surface area is 80.6 Å². The van der Waals surface area contributed by atoms with Crippen LogP contribution in [0.5, 0.6) is 0 Å². The Morgan fingerprint density at radius 3 is 1.20 bits per heavy atom. The second-order valence-electron chi connectivity index (χ2n) is 0.671. The second kappa shape index (κ2) is 7.51. The second-order valence-corrected chi connectivity index (χ2v) is 2.87. The third-order valence-electron chi connectivity index (χ3n) is 0. The summed E-state index contributed by atoms with van der Waals surface area (Å²) in [7, 11) is 0. The Morgan fingerprint density at radius 1 is 1.20 bits per heavy atom. The van der Waals surface area contributed by atoms with Crippen molar-refractivity contribution in [3.05, 3.63) is 15.3 Å². The number of hydrogen-bond acceptors (Lipinski definition) is 5. The molecule has 0 unspecified atom stereocenters. The van der Waals surface area contributed by atoms with Crippen molar-refractivity contribution in [2.24, 2.45) is 0 Å². The predicted molar refractivity (Wildman–Crippen MR) is 16.2 cm³/mol. The van der Waals surface area contributed by atoms with E-state index in [1.54, 1.807) is 0 Å². The molecular weight excluding hydrogens is 245 g/mol. The zero-order chi connectivity index (χ0) is 8.08. The molecular formula is H2MoNNaO7. The first-order valence-corrected chi connectivity index (χ1v) is 4.68. The first kappa shape index (κ1) is 16.8. The minimum absolute atomic E-state index is 0. The molecule has 2 N–H and O–H groups in total. The van der Waals surface area contributed by atoms with E-state index >= 15 is 0 Å². The van der Waals surface area contributed by atoms with Crippen molar-refractivity contribution in [1.29, 1.82) is 0 Å². The molecule has 0 fully saturated rings. The van der Waals surface area contributed by atoms with E-state index in [0.29, 0.717) is 0 Å². The molecule has 0 aromatic heterocycles. The van der Waals surface area contributed by atoms with Crippen LogP contribution in [0.2, 0.25) is 0 Å². The summed E-state index contributed by atoms with van der Waals surface area (Å²) in [6.07, 6.45) is 0. The maximum atomic E-state index is 8.85. The molecule has 0 rings (SSSR count). The van der Waals surface area contributed by atoms with Gasteiger partial charge in [0.05, 0.1) is 5.09 Å². The molecule has 0 saturated carbocycles. The zero-order valence-corrected chi connectivity index (χ0v) is 8.80. The summed E-state index contributed by atoms with van der Waals surface area (Å²) in [5, 5.41) is 14.8. The van der Waals surface area contributed by atoms with Gasteiger partial charge in [0.1, 0.15) is 0 Å². The van der Waals surface area contributed by atoms with Crippen molar-refractivity contribution in [2.45, 2.75) is 0 Å². The van der Waals surface area contributed by atoms with E-state index in [-0.39, 0.29) is 29.6 Å². The van der Waals surface area contributed by atoms with Crippen LogP contribution in [0.25, 0.3) is 0 Å². The Hall–Kier alpha value is 0.408. The van der Waals surface area contributed by atoms with Gasteiger partial charge in [-0.15, -0.1) is 0 Å². The van der Waals surface area contributed by atoms with Crippen molar-refractivity contribution < 1.29 is 65.7 Å². The molecule has 10 heavy (non-hydrogen) atoms. The average Bonchev–Trinajstić information content (AvgIpc) is 1.19. The normalized spacial score (nSPS) is 8.20. The molecule has 0 aromatic carbocycles. The van der Waals surface area contributed by atoms with Gasteiger partial charge in [0, 0.05) is 0 Å². The van der Waals surface area contributed by atoms with Gasteiger partial charge in [-0.3, -0.25) is 0 Å². The summed E-state index contributed by atoms with van der Waals surface area (Å²) in [6.45, 7) is 0. The fourth-order valence-corrected chi connectivity index (χ4v) is 0. The first-order chi connectivity index (χ1) is 3.73. The van der Waals surface area contributed by atoms with Crippen molar-refractivity contribution in [1.82, 2.24) is 0 Å². The molecule has 0 aliphatic carbocycles. The third kappa shape index (κ3) is 2770. The Balaban J connectivity index is -0.0000000910. The van der Waals surface area contributed by atoms with Gasteiger partial charge in [0.2, 0.25) is 0 Å². The monoisotopic (exact) mass is 249 g/mol. The van der Waals surface area contributed by atoms with Crippen molar-refractivity contribution in [2.75, 3.05) is 0 Å². The van der Waals surface area contributed by atoms with Gasteiger partial charge in [0.15, 0.2) is 0 Å². The van der Waals surface area contributed by atoms with Crippen molar-refractivity contribution in [3.8, 4) is 0 Å². The van der Waals surface area contributed by atoms with Crippen molar-refractivity contribution in [3.63, 3.8) is 0 Å². The topological polar surface area (TPSA) is 141 Å². The van der Waals surface area contributed by atoms with Crippen LogP contribution in [0.1, 0.15) is 0 Å². The van der Waals surface area contributed by atoms with Crippen LogP contribution >= 0.6 is 0 Å². The van der Waals surface area contributed by atoms with E-state index in [9.17, 15) is 0 Å². The van der Waals surface area contributed by atoms with E-state index in [0.717, 1.165) is 0 Å². The summed E-state index contributed by atoms with van der Waals surface area (Å²) < 4.78 is 32.0. The summed E-state index contributed by atoms with van der Waals surface area (Å²) >= 11 is -5.52. The van der Waals surface area contributed by atoms with E-state index in [2.05, 4.69) is 0 Å². The quantitative estimate of drug-likeness (QED) is 0.249. The van der Waals surface area contributed by atoms with Gasteiger partial charge in [-0.1, -0.05) is 0 Å². The van der Waals surface area contributed by atoms with E-state index in [1.807, 2.05) is 0 Å². The molecule has 0 aliphatic rings. The molecule has 56 valence electrons. The fraction of sp³-hybridized carbons (Fsp3) is 0. The van der Waals surface area contributed by atoms with Crippen LogP contribution in [0.4, 0.5) is 0 Å². The van der Waals surface area contributed by atoms with Crippen molar-refractivity contribution >= 4 is 0 Å². The minimum atomic E-state index is -5.52. The van der Waals surface area contributed by atoms with Gasteiger partial charge >= 0.3 is 60.6 Å². The molecule has 10 heteroatoms. The summed E-state index contributed by atoms with van der Waals surface area (Å²) in [5.41, 5.74) is 0. The molecule has 0 atom stereocenters. The molecule has 0 saturated heterocycles. The molecule has 0 radical (unpaired) electrons. The maximum absolute atomic E-state index is 8.85. The molecule has 0 heterocycles. The van der Waals surface area contributed by atoms with E-state index < -0.39 is 21.8 Å². The molecule has 0 aromatic rings. The average molecular weight is 247 g/mol. The Bertz CT molecular complexity index is 156. The SMILES string of the molecule is O=[N+]([O-])[O-].[Na+].[O]=[Mo](=[O])([OH])[OH]. The van der Waals surface area contributed by atoms with E-state index in [4.69, 9.17) is 29.6 Å². The standard InChI is InChI=1S/Mo.NO3.Na.2H2O.2O/c;2-1(3)4;;;;;/h;;;2*1H2;;/q+2;-1;+1;;;;/p-2. The summed E-state index contributed by atoms with van der Waals surface area (Å²) in [5.74, 6) is 0. The van der Waals surface area contributed by atoms with Gasteiger partial charge in [-0.05, 0) is 0 Å². The van der Waals surface area contributed by atoms with Gasteiger partial charge in [0.25, 0.3) is 0 Å². The molecule has 0 bridgehead atoms. The van der Waals surface area contributed by atoms with Crippen LogP contribution in [0.3, 0.4) is 0 Å². The van der Waals surface area contributed by atoms with Crippen LogP contribution < -0.4 is 29.6 Å². The van der Waals surface area contributed by atoms with Crippen LogP contribution in [0.15, 0.2) is 0 Å². The molecule has 0 amide bonds. The zero-order valence-electron chi connectivity index (χ0n) is 4.79. The van der Waals surface area contributed by atoms with Crippen LogP contribution in [0, 0.1) is 15.3 Å². The summed E-state index contributed by atoms with van der Waals surface area (Å²) in [6, 6.07) is 0. The molecule has 0 aliphatic heterocycles. The summed E-state index contributed by atoms with van der Waals surface area (Å²) in [4.78, 5) is 8.25. The Kier molecular flexibility index (Phi) is 12.6. The number of hydrogen-bond donors (Lipinski definition) is 2. The van der Waals surface area contributed by atoms with E-state index in [1.165, 1.54) is 0 Å².